The van der Waals surface area contributed by atoms with Crippen LogP contribution >= 0.6 is 0 Å². The van der Waals surface area contributed by atoms with Crippen molar-refractivity contribution in [2.75, 3.05) is 38.1 Å². The molecule has 1 aliphatic heterocycles. The van der Waals surface area contributed by atoms with Gasteiger partial charge in [-0.05, 0) is 18.9 Å². The minimum Gasteiger partial charge on any atom is -0.493 e. The topological polar surface area (TPSA) is 145 Å². The van der Waals surface area contributed by atoms with E-state index in [0.717, 1.165) is 30.5 Å². The van der Waals surface area contributed by atoms with Crippen molar-refractivity contribution in [3.8, 4) is 22.9 Å². The van der Waals surface area contributed by atoms with Crippen LogP contribution in [0.15, 0.2) is 36.9 Å². The number of imidazole rings is 1. The summed E-state index contributed by atoms with van der Waals surface area (Å²) in [4.78, 5) is 30.7. The van der Waals surface area contributed by atoms with Crippen molar-refractivity contribution in [1.82, 2.24) is 24.5 Å². The van der Waals surface area contributed by atoms with Crippen LogP contribution in [-0.4, -0.2) is 64.3 Å². The average molecular weight is 493 g/mol. The highest BCUT2D eigenvalue weighted by Gasteiger charge is 2.29. The van der Waals surface area contributed by atoms with E-state index in [-0.39, 0.29) is 18.4 Å². The lowest BCUT2D eigenvalue weighted by Gasteiger charge is -2.24. The number of amides is 1. The summed E-state index contributed by atoms with van der Waals surface area (Å²) in [5.41, 5.74) is 6.94. The van der Waals surface area contributed by atoms with Crippen molar-refractivity contribution in [3.05, 3.63) is 36.9 Å². The van der Waals surface area contributed by atoms with Gasteiger partial charge in [-0.15, -0.1) is 0 Å². The molecule has 4 aromatic rings. The van der Waals surface area contributed by atoms with Crippen molar-refractivity contribution in [3.63, 3.8) is 0 Å². The highest BCUT2D eigenvalue weighted by molar-refractivity contribution is 5.89. The number of rotatable bonds is 9. The zero-order valence-corrected chi connectivity index (χ0v) is 20.3. The summed E-state index contributed by atoms with van der Waals surface area (Å²) in [6, 6.07) is 5.57. The number of benzene rings is 1. The highest BCUT2D eigenvalue weighted by Crippen LogP contribution is 2.39. The van der Waals surface area contributed by atoms with Crippen molar-refractivity contribution in [2.45, 2.75) is 25.3 Å². The number of nitrogens with two attached hydrogens (primary N) is 1. The maximum absolute atomic E-state index is 11.6. The molecule has 4 heterocycles. The molecular weight excluding hydrogens is 464 g/mol. The number of primary amides is 1. The van der Waals surface area contributed by atoms with Crippen molar-refractivity contribution < 1.29 is 19.0 Å². The van der Waals surface area contributed by atoms with E-state index < -0.39 is 0 Å². The van der Waals surface area contributed by atoms with Crippen LogP contribution in [0.2, 0.25) is 0 Å². The van der Waals surface area contributed by atoms with Crippen molar-refractivity contribution >= 4 is 34.5 Å². The summed E-state index contributed by atoms with van der Waals surface area (Å²) in [5, 5.41) is 4.14. The summed E-state index contributed by atoms with van der Waals surface area (Å²) in [6.45, 7) is 0.763. The van der Waals surface area contributed by atoms with E-state index >= 15 is 0 Å². The lowest BCUT2D eigenvalue weighted by Crippen LogP contribution is -2.34. The van der Waals surface area contributed by atoms with Gasteiger partial charge in [0.15, 0.2) is 11.5 Å². The molecule has 4 N–H and O–H groups in total. The lowest BCUT2D eigenvalue weighted by atomic mass is 10.1. The van der Waals surface area contributed by atoms with Crippen molar-refractivity contribution in [2.24, 2.45) is 5.73 Å². The van der Waals surface area contributed by atoms with E-state index in [2.05, 4.69) is 20.3 Å². The third kappa shape index (κ3) is 4.32. The van der Waals surface area contributed by atoms with E-state index in [1.54, 1.807) is 27.7 Å². The van der Waals surface area contributed by atoms with Crippen LogP contribution in [0.5, 0.6) is 17.2 Å². The molecule has 3 aromatic heterocycles. The minimum atomic E-state index is -0.330. The molecule has 0 bridgehead atoms. The predicted molar refractivity (Wildman–Crippen MR) is 135 cm³/mol. The zero-order valence-electron chi connectivity index (χ0n) is 20.3. The number of nitrogens with one attached hydrogen (secondary N) is 2. The maximum Gasteiger partial charge on any atom is 0.229 e. The number of H-pyrrole nitrogens is 1. The number of aromatic nitrogens is 5. The fourth-order valence-electron chi connectivity index (χ4n) is 4.56. The Morgan fingerprint density at radius 3 is 2.67 bits per heavy atom. The van der Waals surface area contributed by atoms with Gasteiger partial charge in [-0.3, -0.25) is 4.79 Å². The standard InChI is InChI=1S/C24H28N8O4/c1-34-17-9-15(10-18(35-2)21(17)36-3)31-12-20(27-13-31)28-23-16-6-7-26-22(16)29-24(30-23)32-8-4-5-14(32)11-19(25)33/h6-7,9-10,12-14H,4-5,8,11H2,1-3H3,(H2,25,33)(H2,26,28,29,30)/t14-/m0/s1. The fourth-order valence-corrected chi connectivity index (χ4v) is 4.56. The Balaban J connectivity index is 1.46. The van der Waals surface area contributed by atoms with Crippen LogP contribution in [0.4, 0.5) is 17.6 Å². The SMILES string of the molecule is COc1cc(-n2cnc(Nc3nc(N4CCC[C@H]4CC(N)=O)nc4[nH]ccc34)c2)cc(OC)c1OC. The van der Waals surface area contributed by atoms with Gasteiger partial charge < -0.3 is 39.7 Å². The van der Waals surface area contributed by atoms with Gasteiger partial charge in [-0.2, -0.15) is 9.97 Å². The summed E-state index contributed by atoms with van der Waals surface area (Å²) < 4.78 is 18.2. The predicted octanol–water partition coefficient (Wildman–Crippen LogP) is 2.76. The molecule has 12 heteroatoms. The number of ether oxygens (including phenoxy) is 3. The van der Waals surface area contributed by atoms with Gasteiger partial charge in [0.05, 0.1) is 38.6 Å². The Kier molecular flexibility index (Phi) is 6.23. The van der Waals surface area contributed by atoms with Gasteiger partial charge in [0.2, 0.25) is 17.6 Å². The second kappa shape index (κ2) is 9.64. The minimum absolute atomic E-state index is 0.0120. The van der Waals surface area contributed by atoms with Gasteiger partial charge in [0.25, 0.3) is 0 Å². The van der Waals surface area contributed by atoms with Crippen LogP contribution in [0.3, 0.4) is 0 Å². The Morgan fingerprint density at radius 2 is 1.97 bits per heavy atom. The van der Waals surface area contributed by atoms with E-state index in [1.807, 2.05) is 40.1 Å². The van der Waals surface area contributed by atoms with E-state index in [4.69, 9.17) is 24.9 Å². The molecule has 1 atom stereocenters. The molecule has 1 aliphatic rings. The summed E-state index contributed by atoms with van der Waals surface area (Å²) >= 11 is 0. The number of anilines is 3. The number of hydrogen-bond donors (Lipinski definition) is 3. The molecule has 12 nitrogen and oxygen atoms in total. The largest absolute Gasteiger partial charge is 0.493 e. The first-order valence-electron chi connectivity index (χ1n) is 11.5. The zero-order chi connectivity index (χ0) is 25.2. The van der Waals surface area contributed by atoms with E-state index in [0.29, 0.717) is 40.5 Å². The van der Waals surface area contributed by atoms with Crippen LogP contribution < -0.4 is 30.2 Å². The summed E-state index contributed by atoms with van der Waals surface area (Å²) in [6.07, 6.45) is 7.43. The molecule has 0 radical (unpaired) electrons. The van der Waals surface area contributed by atoms with E-state index in [9.17, 15) is 4.79 Å². The second-order valence-corrected chi connectivity index (χ2v) is 8.45. The molecule has 0 spiro atoms. The highest BCUT2D eigenvalue weighted by atomic mass is 16.5. The third-order valence-corrected chi connectivity index (χ3v) is 6.25. The molecule has 5 rings (SSSR count). The maximum atomic E-state index is 11.6. The molecule has 36 heavy (non-hydrogen) atoms. The van der Waals surface area contributed by atoms with Crippen LogP contribution in [-0.2, 0) is 4.79 Å². The smallest absolute Gasteiger partial charge is 0.229 e. The number of hydrogen-bond acceptors (Lipinski definition) is 9. The molecule has 0 unspecified atom stereocenters. The Hall–Kier alpha value is -4.48. The first kappa shape index (κ1) is 23.3. The molecule has 0 saturated carbocycles. The van der Waals surface area contributed by atoms with Crippen molar-refractivity contribution in [1.29, 1.82) is 0 Å². The fraction of sp³-hybridized carbons (Fsp3) is 0.333. The average Bonchev–Trinajstić information content (AvgIpc) is 3.63. The molecule has 188 valence electrons. The molecule has 1 fully saturated rings. The number of carbonyl (C=O) groups is 1. The van der Waals surface area contributed by atoms with Crippen LogP contribution in [0, 0.1) is 0 Å². The summed E-state index contributed by atoms with van der Waals surface area (Å²) in [7, 11) is 4.71. The quantitative estimate of drug-likeness (QED) is 0.321. The molecule has 1 aromatic carbocycles. The Labute approximate surface area is 207 Å². The Morgan fingerprint density at radius 1 is 1.19 bits per heavy atom. The number of fused-ring (bicyclic) bond motifs is 1. The number of aromatic amines is 1. The van der Waals surface area contributed by atoms with Gasteiger partial charge in [-0.1, -0.05) is 0 Å². The molecule has 0 aliphatic carbocycles. The molecule has 1 amide bonds. The number of methoxy groups -OCH3 is 3. The first-order valence-corrected chi connectivity index (χ1v) is 11.5. The summed E-state index contributed by atoms with van der Waals surface area (Å²) in [5.74, 6) is 3.01. The normalized spacial score (nSPS) is 15.3. The second-order valence-electron chi connectivity index (χ2n) is 8.45. The van der Waals surface area contributed by atoms with Gasteiger partial charge >= 0.3 is 0 Å². The monoisotopic (exact) mass is 492 g/mol. The van der Waals surface area contributed by atoms with Gasteiger partial charge in [0, 0.05) is 37.3 Å². The van der Waals surface area contributed by atoms with Gasteiger partial charge in [0.1, 0.15) is 23.6 Å². The van der Waals surface area contributed by atoms with Crippen LogP contribution in [0.25, 0.3) is 16.7 Å². The number of nitrogens with zero attached hydrogens (tertiary/aromatic N) is 5. The van der Waals surface area contributed by atoms with E-state index in [1.165, 1.54) is 0 Å². The lowest BCUT2D eigenvalue weighted by molar-refractivity contribution is -0.118. The van der Waals surface area contributed by atoms with Gasteiger partial charge in [-0.25, -0.2) is 4.98 Å². The molecular formula is C24H28N8O4. The van der Waals surface area contributed by atoms with Crippen LogP contribution in [0.1, 0.15) is 19.3 Å². The number of carbonyl (C=O) groups excluding carboxylic acids is 1. The first-order chi connectivity index (χ1) is 17.5. The molecule has 1 saturated heterocycles. The third-order valence-electron chi connectivity index (χ3n) is 6.25. The Bertz CT molecular complexity index is 1370.